The van der Waals surface area contributed by atoms with Crippen molar-refractivity contribution in [2.45, 2.75) is 6.92 Å². The molecule has 0 saturated heterocycles. The number of hydrogen-bond acceptors (Lipinski definition) is 5. The van der Waals surface area contributed by atoms with Gasteiger partial charge < -0.3 is 5.73 Å². The first-order valence-electron chi connectivity index (χ1n) is 4.23. The monoisotopic (exact) mass is 205 g/mol. The minimum Gasteiger partial charge on any atom is -0.381 e. The van der Waals surface area contributed by atoms with Crippen LogP contribution in [0.4, 0.5) is 10.2 Å². The number of nitrogens with two attached hydrogens (primary N) is 1. The van der Waals surface area contributed by atoms with E-state index in [1.807, 2.05) is 0 Å². The van der Waals surface area contributed by atoms with Gasteiger partial charge in [0.1, 0.15) is 17.7 Å². The van der Waals surface area contributed by atoms with Crippen LogP contribution in [0.1, 0.15) is 5.69 Å². The van der Waals surface area contributed by atoms with Crippen LogP contribution in [0.2, 0.25) is 0 Å². The summed E-state index contributed by atoms with van der Waals surface area (Å²) in [4.78, 5) is 15.3. The fourth-order valence-electron chi connectivity index (χ4n) is 1.08. The SMILES string of the molecule is Cc1cnc(-c2ncnc(N)c2F)cn1. The fraction of sp³-hybridized carbons (Fsp3) is 0.111. The van der Waals surface area contributed by atoms with Crippen LogP contribution >= 0.6 is 0 Å². The van der Waals surface area contributed by atoms with Crippen LogP contribution < -0.4 is 5.73 Å². The van der Waals surface area contributed by atoms with E-state index in [9.17, 15) is 4.39 Å². The molecule has 0 aliphatic carbocycles. The normalized spacial score (nSPS) is 10.3. The maximum absolute atomic E-state index is 13.5. The summed E-state index contributed by atoms with van der Waals surface area (Å²) in [7, 11) is 0. The standard InChI is InChI=1S/C9H8FN5/c1-5-2-13-6(3-12-5)8-7(10)9(11)15-4-14-8/h2-4H,1H3,(H2,11,14,15). The second-order valence-corrected chi connectivity index (χ2v) is 2.96. The van der Waals surface area contributed by atoms with Gasteiger partial charge in [-0.25, -0.2) is 14.4 Å². The molecule has 0 saturated carbocycles. The molecule has 15 heavy (non-hydrogen) atoms. The number of hydrogen-bond donors (Lipinski definition) is 1. The van der Waals surface area contributed by atoms with Crippen LogP contribution in [0, 0.1) is 12.7 Å². The van der Waals surface area contributed by atoms with Gasteiger partial charge in [0.2, 0.25) is 0 Å². The van der Waals surface area contributed by atoms with Crippen molar-refractivity contribution in [2.24, 2.45) is 0 Å². The molecule has 0 spiro atoms. The summed E-state index contributed by atoms with van der Waals surface area (Å²) in [5, 5.41) is 0. The summed E-state index contributed by atoms with van der Waals surface area (Å²) in [5.74, 6) is -0.863. The van der Waals surface area contributed by atoms with E-state index in [4.69, 9.17) is 5.73 Å². The highest BCUT2D eigenvalue weighted by atomic mass is 19.1. The largest absolute Gasteiger partial charge is 0.381 e. The Labute approximate surface area is 85.2 Å². The first-order valence-corrected chi connectivity index (χ1v) is 4.23. The van der Waals surface area contributed by atoms with Gasteiger partial charge in [0.05, 0.1) is 11.9 Å². The van der Waals surface area contributed by atoms with Gasteiger partial charge in [0.15, 0.2) is 11.6 Å². The molecule has 0 bridgehead atoms. The van der Waals surface area contributed by atoms with Gasteiger partial charge in [-0.2, -0.15) is 0 Å². The predicted octanol–water partition coefficient (Wildman–Crippen LogP) is 0.963. The molecule has 2 rings (SSSR count). The average molecular weight is 205 g/mol. The second kappa shape index (κ2) is 3.56. The zero-order valence-corrected chi connectivity index (χ0v) is 7.98. The number of aryl methyl sites for hydroxylation is 1. The quantitative estimate of drug-likeness (QED) is 0.750. The summed E-state index contributed by atoms with van der Waals surface area (Å²) < 4.78 is 13.5. The van der Waals surface area contributed by atoms with Crippen LogP contribution in [-0.4, -0.2) is 19.9 Å². The lowest BCUT2D eigenvalue weighted by molar-refractivity contribution is 0.623. The van der Waals surface area contributed by atoms with Gasteiger partial charge in [-0.15, -0.1) is 0 Å². The topological polar surface area (TPSA) is 77.6 Å². The summed E-state index contributed by atoms with van der Waals surface area (Å²) in [6.45, 7) is 1.79. The summed E-state index contributed by atoms with van der Waals surface area (Å²) in [6.07, 6.45) is 4.17. The molecule has 0 aliphatic heterocycles. The van der Waals surface area contributed by atoms with E-state index in [2.05, 4.69) is 19.9 Å². The van der Waals surface area contributed by atoms with Crippen molar-refractivity contribution in [2.75, 3.05) is 5.73 Å². The predicted molar refractivity (Wildman–Crippen MR) is 52.2 cm³/mol. The average Bonchev–Trinajstić information content (AvgIpc) is 2.24. The lowest BCUT2D eigenvalue weighted by Crippen LogP contribution is -2.00. The molecule has 2 aromatic rings. The molecule has 0 radical (unpaired) electrons. The Balaban J connectivity index is 2.54. The molecule has 2 aromatic heterocycles. The molecule has 0 unspecified atom stereocenters. The van der Waals surface area contributed by atoms with Crippen LogP contribution in [0.25, 0.3) is 11.4 Å². The highest BCUT2D eigenvalue weighted by Gasteiger charge is 2.11. The Bertz CT molecular complexity index is 482. The molecule has 0 atom stereocenters. The van der Waals surface area contributed by atoms with Crippen molar-refractivity contribution in [3.8, 4) is 11.4 Å². The Hall–Kier alpha value is -2.11. The van der Waals surface area contributed by atoms with E-state index in [0.29, 0.717) is 5.69 Å². The summed E-state index contributed by atoms with van der Waals surface area (Å²) in [5.41, 5.74) is 6.47. The fourth-order valence-corrected chi connectivity index (χ4v) is 1.08. The van der Waals surface area contributed by atoms with Crippen molar-refractivity contribution in [3.63, 3.8) is 0 Å². The molecule has 76 valence electrons. The van der Waals surface area contributed by atoms with Crippen molar-refractivity contribution >= 4 is 5.82 Å². The number of anilines is 1. The zero-order chi connectivity index (χ0) is 10.8. The molecular weight excluding hydrogens is 197 g/mol. The van der Waals surface area contributed by atoms with E-state index >= 15 is 0 Å². The Morgan fingerprint density at radius 2 is 1.93 bits per heavy atom. The highest BCUT2D eigenvalue weighted by Crippen LogP contribution is 2.19. The van der Waals surface area contributed by atoms with E-state index in [0.717, 1.165) is 5.69 Å². The number of aromatic nitrogens is 4. The molecule has 2 N–H and O–H groups in total. The van der Waals surface area contributed by atoms with Gasteiger partial charge in [0.25, 0.3) is 0 Å². The molecule has 5 nitrogen and oxygen atoms in total. The van der Waals surface area contributed by atoms with Crippen molar-refractivity contribution in [3.05, 3.63) is 30.2 Å². The Kier molecular flexibility index (Phi) is 2.24. The molecule has 6 heteroatoms. The molecule has 2 heterocycles. The van der Waals surface area contributed by atoms with Crippen molar-refractivity contribution in [1.82, 2.24) is 19.9 Å². The number of rotatable bonds is 1. The highest BCUT2D eigenvalue weighted by molar-refractivity contribution is 5.57. The number of nitrogens with zero attached hydrogens (tertiary/aromatic N) is 4. The Morgan fingerprint density at radius 1 is 1.13 bits per heavy atom. The van der Waals surface area contributed by atoms with Crippen LogP contribution in [0.3, 0.4) is 0 Å². The molecule has 0 fully saturated rings. The zero-order valence-electron chi connectivity index (χ0n) is 7.98. The van der Waals surface area contributed by atoms with Crippen LogP contribution in [0.5, 0.6) is 0 Å². The minimum absolute atomic E-state index is 0.0648. The molecule has 0 aliphatic rings. The van der Waals surface area contributed by atoms with Gasteiger partial charge in [-0.1, -0.05) is 0 Å². The lowest BCUT2D eigenvalue weighted by atomic mass is 10.3. The van der Waals surface area contributed by atoms with E-state index in [1.165, 1.54) is 18.7 Å². The summed E-state index contributed by atoms with van der Waals surface area (Å²) in [6, 6.07) is 0. The first-order chi connectivity index (χ1) is 7.18. The third-order valence-corrected chi connectivity index (χ3v) is 1.84. The maximum Gasteiger partial charge on any atom is 0.193 e. The molecule has 0 aromatic carbocycles. The Morgan fingerprint density at radius 3 is 2.60 bits per heavy atom. The minimum atomic E-state index is -0.671. The number of halogens is 1. The van der Waals surface area contributed by atoms with E-state index in [1.54, 1.807) is 6.92 Å². The first kappa shape index (κ1) is 9.45. The third kappa shape index (κ3) is 1.74. The van der Waals surface area contributed by atoms with Crippen molar-refractivity contribution in [1.29, 1.82) is 0 Å². The summed E-state index contributed by atoms with van der Waals surface area (Å²) >= 11 is 0. The van der Waals surface area contributed by atoms with E-state index < -0.39 is 5.82 Å². The van der Waals surface area contributed by atoms with Crippen LogP contribution in [-0.2, 0) is 0 Å². The lowest BCUT2D eigenvalue weighted by Gasteiger charge is -2.02. The number of nitrogen functional groups attached to an aromatic ring is 1. The van der Waals surface area contributed by atoms with Gasteiger partial charge in [-0.3, -0.25) is 9.97 Å². The maximum atomic E-state index is 13.5. The smallest absolute Gasteiger partial charge is 0.193 e. The molecular formula is C9H8FN5. The van der Waals surface area contributed by atoms with Gasteiger partial charge >= 0.3 is 0 Å². The van der Waals surface area contributed by atoms with Gasteiger partial charge in [0, 0.05) is 6.20 Å². The van der Waals surface area contributed by atoms with E-state index in [-0.39, 0.29) is 11.5 Å². The van der Waals surface area contributed by atoms with Crippen molar-refractivity contribution < 1.29 is 4.39 Å². The molecule has 0 amide bonds. The third-order valence-electron chi connectivity index (χ3n) is 1.84. The second-order valence-electron chi connectivity index (χ2n) is 2.96. The van der Waals surface area contributed by atoms with Crippen LogP contribution in [0.15, 0.2) is 18.7 Å². The van der Waals surface area contributed by atoms with Gasteiger partial charge in [-0.05, 0) is 6.92 Å².